The van der Waals surface area contributed by atoms with E-state index in [1.165, 1.54) is 12.1 Å². The molecule has 0 heterocycles. The zero-order valence-electron chi connectivity index (χ0n) is 26.2. The maximum Gasteiger partial charge on any atom is 0.488 e. The van der Waals surface area contributed by atoms with E-state index in [4.69, 9.17) is 19.5 Å². The van der Waals surface area contributed by atoms with Crippen LogP contribution >= 0.6 is 0 Å². The van der Waals surface area contributed by atoms with Crippen LogP contribution < -0.4 is 16.1 Å². The Morgan fingerprint density at radius 3 is 2.26 bits per heavy atom. The van der Waals surface area contributed by atoms with E-state index in [-0.39, 0.29) is 41.1 Å². The smallest absolute Gasteiger partial charge is 0.423 e. The number of halogens is 1. The lowest BCUT2D eigenvalue weighted by Gasteiger charge is -2.31. The first-order valence-electron chi connectivity index (χ1n) is 15.3. The molecule has 2 amide bonds. The van der Waals surface area contributed by atoms with Crippen LogP contribution in [-0.2, 0) is 19.1 Å². The molecule has 0 spiro atoms. The fraction of sp³-hybridized carbons (Fsp3) is 0.710. The monoisotopic (exact) mass is 594 g/mol. The fourth-order valence-electron chi connectivity index (χ4n) is 5.08. The van der Waals surface area contributed by atoms with Crippen molar-refractivity contribution < 1.29 is 38.3 Å². The predicted octanol–water partition coefficient (Wildman–Crippen LogP) is 3.39. The Kier molecular flexibility index (Phi) is 18.4. The van der Waals surface area contributed by atoms with E-state index in [0.29, 0.717) is 52.0 Å². The van der Waals surface area contributed by atoms with Gasteiger partial charge in [0.1, 0.15) is 11.6 Å². The van der Waals surface area contributed by atoms with Gasteiger partial charge in [-0.1, -0.05) is 59.4 Å². The van der Waals surface area contributed by atoms with Gasteiger partial charge < -0.3 is 30.2 Å². The zero-order valence-corrected chi connectivity index (χ0v) is 26.2. The molecule has 0 aliphatic heterocycles. The maximum atomic E-state index is 14.2. The molecule has 1 aromatic carbocycles. The zero-order chi connectivity index (χ0) is 31.5. The molecule has 1 rings (SSSR count). The third-order valence-corrected chi connectivity index (χ3v) is 7.59. The van der Waals surface area contributed by atoms with Gasteiger partial charge in [0.15, 0.2) is 0 Å². The van der Waals surface area contributed by atoms with Crippen molar-refractivity contribution in [2.75, 3.05) is 40.0 Å². The van der Waals surface area contributed by atoms with Crippen molar-refractivity contribution in [1.82, 2.24) is 10.6 Å². The fourth-order valence-corrected chi connectivity index (χ4v) is 5.08. The van der Waals surface area contributed by atoms with Crippen LogP contribution in [-0.4, -0.2) is 74.8 Å². The number of unbranched alkanes of at least 4 members (excludes halogenated alkanes) is 3. The molecule has 0 aromatic heterocycles. The maximum absolute atomic E-state index is 14.2. The number of benzene rings is 1. The minimum Gasteiger partial charge on any atom is -0.423 e. The van der Waals surface area contributed by atoms with Crippen molar-refractivity contribution in [2.45, 2.75) is 85.5 Å². The third kappa shape index (κ3) is 13.8. The highest BCUT2D eigenvalue weighted by Crippen LogP contribution is 2.34. The second-order valence-electron chi connectivity index (χ2n) is 11.5. The molecule has 11 heteroatoms. The van der Waals surface area contributed by atoms with Crippen LogP contribution in [0.2, 0.25) is 0 Å². The summed E-state index contributed by atoms with van der Waals surface area (Å²) >= 11 is 0. The van der Waals surface area contributed by atoms with Crippen molar-refractivity contribution in [3.05, 3.63) is 29.6 Å². The summed E-state index contributed by atoms with van der Waals surface area (Å²) in [7, 11) is -0.226. The lowest BCUT2D eigenvalue weighted by molar-refractivity contribution is -0.134. The molecule has 0 aliphatic carbocycles. The van der Waals surface area contributed by atoms with Crippen molar-refractivity contribution in [2.24, 2.45) is 17.3 Å². The van der Waals surface area contributed by atoms with Crippen molar-refractivity contribution >= 4 is 30.2 Å². The Morgan fingerprint density at radius 2 is 1.64 bits per heavy atom. The van der Waals surface area contributed by atoms with Crippen LogP contribution in [0.25, 0.3) is 0 Å². The molecule has 0 radical (unpaired) electrons. The summed E-state index contributed by atoms with van der Waals surface area (Å²) in [6.07, 6.45) is 7.01. The van der Waals surface area contributed by atoms with Crippen molar-refractivity contribution in [3.8, 4) is 0 Å². The highest BCUT2D eigenvalue weighted by molar-refractivity contribution is 6.58. The number of carbonyl (C=O) groups is 3. The van der Waals surface area contributed by atoms with E-state index < -0.39 is 24.3 Å². The number of ketones is 1. The summed E-state index contributed by atoms with van der Waals surface area (Å²) in [5, 5.41) is 24.0. The van der Waals surface area contributed by atoms with Gasteiger partial charge in [0, 0.05) is 37.5 Å². The first kappa shape index (κ1) is 37.7. The SMILES string of the molecule is CCCCCC(CC)C(=O)C(C)(C)CC(CCCCNC(=O)c1ccc(B(O)O)cc1F)C(=O)NCCOCCOC. The van der Waals surface area contributed by atoms with Crippen LogP contribution in [0.1, 0.15) is 95.8 Å². The second-order valence-corrected chi connectivity index (χ2v) is 11.5. The molecule has 0 fully saturated rings. The van der Waals surface area contributed by atoms with E-state index in [1.54, 1.807) is 7.11 Å². The van der Waals surface area contributed by atoms with Crippen LogP contribution in [0.3, 0.4) is 0 Å². The number of rotatable bonds is 23. The van der Waals surface area contributed by atoms with Gasteiger partial charge >= 0.3 is 7.12 Å². The van der Waals surface area contributed by atoms with E-state index in [0.717, 1.165) is 38.2 Å². The van der Waals surface area contributed by atoms with Gasteiger partial charge in [-0.15, -0.1) is 0 Å². The first-order valence-corrected chi connectivity index (χ1v) is 15.3. The van der Waals surface area contributed by atoms with Gasteiger partial charge in [0.2, 0.25) is 5.91 Å². The summed E-state index contributed by atoms with van der Waals surface area (Å²) in [6.45, 7) is 9.97. The molecule has 9 nitrogen and oxygen atoms in total. The average molecular weight is 595 g/mol. The molecule has 238 valence electrons. The standard InChI is InChI=1S/C31H52BFN2O7/c1-6-8-9-12-23(7-2)28(36)31(3,4)22-24(29(37)35-17-18-42-20-19-41-5)13-10-11-16-34-30(38)26-15-14-25(32(39)40)21-27(26)33/h14-15,21,23-24,39-40H,6-13,16-20,22H2,1-5H3,(H,34,38)(H,35,37). The van der Waals surface area contributed by atoms with Gasteiger partial charge in [-0.05, 0) is 49.7 Å². The minimum atomic E-state index is -1.82. The summed E-state index contributed by atoms with van der Waals surface area (Å²) in [4.78, 5) is 39.1. The molecular formula is C31H52BFN2O7. The number of hydrogen-bond donors (Lipinski definition) is 4. The Morgan fingerprint density at radius 1 is 0.952 bits per heavy atom. The summed E-state index contributed by atoms with van der Waals surface area (Å²) in [5.41, 5.74) is -0.888. The highest BCUT2D eigenvalue weighted by Gasteiger charge is 2.36. The Hall–Kier alpha value is -2.34. The van der Waals surface area contributed by atoms with Crippen LogP contribution in [0.5, 0.6) is 0 Å². The molecule has 0 aliphatic rings. The molecular weight excluding hydrogens is 542 g/mol. The number of Topliss-reactive ketones (excluding diaryl/α,β-unsaturated/α-hetero) is 1. The topological polar surface area (TPSA) is 134 Å². The molecule has 0 bridgehead atoms. The quantitative estimate of drug-likeness (QED) is 0.113. The van der Waals surface area contributed by atoms with Gasteiger partial charge in [-0.25, -0.2) is 4.39 Å². The van der Waals surface area contributed by atoms with Crippen LogP contribution in [0.4, 0.5) is 4.39 Å². The van der Waals surface area contributed by atoms with Gasteiger partial charge in [-0.2, -0.15) is 0 Å². The molecule has 2 unspecified atom stereocenters. The molecule has 2 atom stereocenters. The number of nitrogens with one attached hydrogen (secondary N) is 2. The van der Waals surface area contributed by atoms with Gasteiger partial charge in [-0.3, -0.25) is 14.4 Å². The highest BCUT2D eigenvalue weighted by atomic mass is 19.1. The van der Waals surface area contributed by atoms with Crippen molar-refractivity contribution in [3.63, 3.8) is 0 Å². The Bertz CT molecular complexity index is 961. The molecule has 4 N–H and O–H groups in total. The lowest BCUT2D eigenvalue weighted by atomic mass is 9.72. The number of ether oxygens (including phenoxy) is 2. The van der Waals surface area contributed by atoms with E-state index in [2.05, 4.69) is 17.6 Å². The molecule has 0 saturated heterocycles. The number of methoxy groups -OCH3 is 1. The molecule has 0 saturated carbocycles. The number of hydrogen-bond acceptors (Lipinski definition) is 7. The average Bonchev–Trinajstić information content (AvgIpc) is 2.95. The normalized spacial score (nSPS) is 13.0. The number of amides is 2. The van der Waals surface area contributed by atoms with Gasteiger partial charge in [0.25, 0.3) is 5.91 Å². The van der Waals surface area contributed by atoms with Gasteiger partial charge in [0.05, 0.1) is 25.4 Å². The predicted molar refractivity (Wildman–Crippen MR) is 163 cm³/mol. The minimum absolute atomic E-state index is 0.0187. The summed E-state index contributed by atoms with van der Waals surface area (Å²) < 4.78 is 24.7. The lowest BCUT2D eigenvalue weighted by Crippen LogP contribution is -2.39. The Labute approximate surface area is 251 Å². The summed E-state index contributed by atoms with van der Waals surface area (Å²) in [6, 6.07) is 3.41. The van der Waals surface area contributed by atoms with E-state index in [1.807, 2.05) is 20.8 Å². The third-order valence-electron chi connectivity index (χ3n) is 7.59. The Balaban J connectivity index is 2.76. The van der Waals surface area contributed by atoms with Crippen LogP contribution in [0.15, 0.2) is 18.2 Å². The van der Waals surface area contributed by atoms with Crippen LogP contribution in [0, 0.1) is 23.1 Å². The first-order chi connectivity index (χ1) is 20.0. The largest absolute Gasteiger partial charge is 0.488 e. The second kappa shape index (κ2) is 20.5. The summed E-state index contributed by atoms with van der Waals surface area (Å²) in [5.74, 6) is -1.77. The molecule has 42 heavy (non-hydrogen) atoms. The van der Waals surface area contributed by atoms with Crippen molar-refractivity contribution in [1.29, 1.82) is 0 Å². The van der Waals surface area contributed by atoms with E-state index >= 15 is 0 Å². The molecule has 1 aromatic rings. The number of carbonyl (C=O) groups excluding carboxylic acids is 3. The van der Waals surface area contributed by atoms with E-state index in [9.17, 15) is 18.8 Å².